The zero-order chi connectivity index (χ0) is 13.6. The van der Waals surface area contributed by atoms with E-state index < -0.39 is 0 Å². The normalized spacial score (nSPS) is 13.1. The van der Waals surface area contributed by atoms with Gasteiger partial charge in [-0.2, -0.15) is 0 Å². The molecule has 2 nitrogen and oxygen atoms in total. The standard InChI is InChI=1S/C16H25NO/c1-5-9-14(13-10-7-6-8-11-13)17-15(18)12-16(2,3)4/h6-8,10-11,14H,5,9,12H2,1-4H3,(H,17,18)/t14-/m0/s1. The number of rotatable bonds is 5. The number of nitrogens with one attached hydrogen (secondary N) is 1. The molecule has 0 aliphatic carbocycles. The average Bonchev–Trinajstić information content (AvgIpc) is 2.27. The Labute approximate surface area is 111 Å². The third kappa shape index (κ3) is 5.35. The van der Waals surface area contributed by atoms with Crippen molar-refractivity contribution in [3.05, 3.63) is 35.9 Å². The van der Waals surface area contributed by atoms with Crippen LogP contribution in [0.15, 0.2) is 30.3 Å². The Kier molecular flexibility index (Phi) is 5.39. The fraction of sp³-hybridized carbons (Fsp3) is 0.562. The second-order valence-corrected chi connectivity index (χ2v) is 6.06. The highest BCUT2D eigenvalue weighted by molar-refractivity contribution is 5.77. The maximum absolute atomic E-state index is 12.0. The van der Waals surface area contributed by atoms with E-state index in [4.69, 9.17) is 0 Å². The molecular formula is C16H25NO. The predicted octanol–water partition coefficient (Wildman–Crippen LogP) is 4.08. The number of hydrogen-bond donors (Lipinski definition) is 1. The fourth-order valence-corrected chi connectivity index (χ4v) is 2.02. The van der Waals surface area contributed by atoms with E-state index in [-0.39, 0.29) is 17.4 Å². The number of benzene rings is 1. The lowest BCUT2D eigenvalue weighted by Crippen LogP contribution is -2.31. The summed E-state index contributed by atoms with van der Waals surface area (Å²) in [4.78, 5) is 12.0. The summed E-state index contributed by atoms with van der Waals surface area (Å²) in [6.45, 7) is 8.41. The summed E-state index contributed by atoms with van der Waals surface area (Å²) in [7, 11) is 0. The van der Waals surface area contributed by atoms with Crippen LogP contribution in [0.25, 0.3) is 0 Å². The van der Waals surface area contributed by atoms with Crippen molar-refractivity contribution in [3.63, 3.8) is 0 Å². The molecule has 1 N–H and O–H groups in total. The summed E-state index contributed by atoms with van der Waals surface area (Å²) >= 11 is 0. The van der Waals surface area contributed by atoms with Gasteiger partial charge >= 0.3 is 0 Å². The van der Waals surface area contributed by atoms with Crippen molar-refractivity contribution in [3.8, 4) is 0 Å². The van der Waals surface area contributed by atoms with E-state index in [1.54, 1.807) is 0 Å². The van der Waals surface area contributed by atoms with Crippen LogP contribution in [-0.2, 0) is 4.79 Å². The summed E-state index contributed by atoms with van der Waals surface area (Å²) in [6.07, 6.45) is 2.62. The van der Waals surface area contributed by atoms with Gasteiger partial charge in [0.25, 0.3) is 0 Å². The molecule has 0 aliphatic rings. The lowest BCUT2D eigenvalue weighted by Gasteiger charge is -2.22. The highest BCUT2D eigenvalue weighted by atomic mass is 16.1. The third-order valence-corrected chi connectivity index (χ3v) is 2.81. The summed E-state index contributed by atoms with van der Waals surface area (Å²) in [5.41, 5.74) is 1.24. The molecule has 100 valence electrons. The molecule has 1 amide bonds. The smallest absolute Gasteiger partial charge is 0.221 e. The zero-order valence-corrected chi connectivity index (χ0v) is 12.0. The number of hydrogen-bond acceptors (Lipinski definition) is 1. The fourth-order valence-electron chi connectivity index (χ4n) is 2.02. The molecule has 1 aromatic carbocycles. The van der Waals surface area contributed by atoms with Gasteiger partial charge in [0.05, 0.1) is 6.04 Å². The highest BCUT2D eigenvalue weighted by Crippen LogP contribution is 2.22. The van der Waals surface area contributed by atoms with E-state index in [1.807, 2.05) is 18.2 Å². The molecule has 0 aromatic heterocycles. The molecule has 2 heteroatoms. The van der Waals surface area contributed by atoms with Gasteiger partial charge in [-0.3, -0.25) is 4.79 Å². The van der Waals surface area contributed by atoms with Gasteiger partial charge in [0.15, 0.2) is 0 Å². The van der Waals surface area contributed by atoms with E-state index in [0.717, 1.165) is 12.8 Å². The molecule has 0 saturated carbocycles. The van der Waals surface area contributed by atoms with Crippen LogP contribution in [0.1, 0.15) is 58.6 Å². The molecule has 0 aliphatic heterocycles. The Bertz CT molecular complexity index is 364. The van der Waals surface area contributed by atoms with Crippen molar-refractivity contribution in [2.75, 3.05) is 0 Å². The molecular weight excluding hydrogens is 222 g/mol. The second kappa shape index (κ2) is 6.58. The van der Waals surface area contributed by atoms with Gasteiger partial charge in [0.2, 0.25) is 5.91 Å². The Morgan fingerprint density at radius 2 is 1.83 bits per heavy atom. The lowest BCUT2D eigenvalue weighted by molar-refractivity contribution is -0.123. The van der Waals surface area contributed by atoms with Gasteiger partial charge in [0, 0.05) is 6.42 Å². The van der Waals surface area contributed by atoms with Crippen LogP contribution >= 0.6 is 0 Å². The van der Waals surface area contributed by atoms with Crippen molar-refractivity contribution < 1.29 is 4.79 Å². The minimum atomic E-state index is 0.0392. The van der Waals surface area contributed by atoms with Gasteiger partial charge in [0.1, 0.15) is 0 Å². The van der Waals surface area contributed by atoms with Crippen LogP contribution in [0.4, 0.5) is 0 Å². The molecule has 18 heavy (non-hydrogen) atoms. The maximum atomic E-state index is 12.0. The predicted molar refractivity (Wildman–Crippen MR) is 76.3 cm³/mol. The summed E-state index contributed by atoms with van der Waals surface area (Å²) < 4.78 is 0. The molecule has 1 atom stereocenters. The van der Waals surface area contributed by atoms with Gasteiger partial charge < -0.3 is 5.32 Å². The maximum Gasteiger partial charge on any atom is 0.221 e. The molecule has 1 rings (SSSR count). The van der Waals surface area contributed by atoms with Crippen LogP contribution in [-0.4, -0.2) is 5.91 Å². The van der Waals surface area contributed by atoms with E-state index in [9.17, 15) is 4.79 Å². The quantitative estimate of drug-likeness (QED) is 0.834. The van der Waals surface area contributed by atoms with Crippen molar-refractivity contribution >= 4 is 5.91 Å². The van der Waals surface area contributed by atoms with E-state index in [0.29, 0.717) is 6.42 Å². The Morgan fingerprint density at radius 3 is 2.33 bits per heavy atom. The van der Waals surface area contributed by atoms with Crippen molar-refractivity contribution in [1.29, 1.82) is 0 Å². The van der Waals surface area contributed by atoms with E-state index >= 15 is 0 Å². The van der Waals surface area contributed by atoms with Gasteiger partial charge in [-0.05, 0) is 17.4 Å². The first-order valence-corrected chi connectivity index (χ1v) is 6.76. The number of carbonyl (C=O) groups is 1. The van der Waals surface area contributed by atoms with Gasteiger partial charge in [-0.1, -0.05) is 64.4 Å². The van der Waals surface area contributed by atoms with Crippen molar-refractivity contribution in [2.24, 2.45) is 5.41 Å². The largest absolute Gasteiger partial charge is 0.349 e. The molecule has 0 saturated heterocycles. The Hall–Kier alpha value is -1.31. The monoisotopic (exact) mass is 247 g/mol. The molecule has 0 bridgehead atoms. The Morgan fingerprint density at radius 1 is 1.22 bits per heavy atom. The summed E-state index contributed by atoms with van der Waals surface area (Å²) in [5, 5.41) is 3.15. The van der Waals surface area contributed by atoms with Crippen molar-refractivity contribution in [1.82, 2.24) is 5.32 Å². The lowest BCUT2D eigenvalue weighted by atomic mass is 9.91. The van der Waals surface area contributed by atoms with Crippen LogP contribution in [0.2, 0.25) is 0 Å². The van der Waals surface area contributed by atoms with Crippen LogP contribution < -0.4 is 5.32 Å². The first-order chi connectivity index (χ1) is 8.42. The highest BCUT2D eigenvalue weighted by Gasteiger charge is 2.19. The van der Waals surface area contributed by atoms with Gasteiger partial charge in [-0.15, -0.1) is 0 Å². The molecule has 0 radical (unpaired) electrons. The first kappa shape index (κ1) is 14.7. The molecule has 1 aromatic rings. The molecule has 0 unspecified atom stereocenters. The van der Waals surface area contributed by atoms with Crippen molar-refractivity contribution in [2.45, 2.75) is 53.0 Å². The molecule has 0 heterocycles. The second-order valence-electron chi connectivity index (χ2n) is 6.06. The minimum Gasteiger partial charge on any atom is -0.349 e. The van der Waals surface area contributed by atoms with Gasteiger partial charge in [-0.25, -0.2) is 0 Å². The topological polar surface area (TPSA) is 29.1 Å². The Balaban J connectivity index is 2.67. The van der Waals surface area contributed by atoms with Crippen LogP contribution in [0.5, 0.6) is 0 Å². The number of carbonyl (C=O) groups excluding carboxylic acids is 1. The zero-order valence-electron chi connectivity index (χ0n) is 12.0. The molecule has 0 fully saturated rings. The minimum absolute atomic E-state index is 0.0392. The third-order valence-electron chi connectivity index (χ3n) is 2.81. The van der Waals surface area contributed by atoms with Crippen LogP contribution in [0, 0.1) is 5.41 Å². The first-order valence-electron chi connectivity index (χ1n) is 6.76. The number of amides is 1. The average molecular weight is 247 g/mol. The van der Waals surface area contributed by atoms with Crippen LogP contribution in [0.3, 0.4) is 0 Å². The SMILES string of the molecule is CCC[C@H](NC(=O)CC(C)(C)C)c1ccccc1. The molecule has 0 spiro atoms. The summed E-state index contributed by atoms with van der Waals surface area (Å²) in [6, 6.07) is 10.4. The van der Waals surface area contributed by atoms with E-state index in [2.05, 4.69) is 45.1 Å². The summed E-state index contributed by atoms with van der Waals surface area (Å²) in [5.74, 6) is 0.143. The van der Waals surface area contributed by atoms with E-state index in [1.165, 1.54) is 5.56 Å².